The summed E-state index contributed by atoms with van der Waals surface area (Å²) in [5.41, 5.74) is 11.0. The van der Waals surface area contributed by atoms with Gasteiger partial charge in [0.1, 0.15) is 11.2 Å². The highest BCUT2D eigenvalue weighted by molar-refractivity contribution is 6.05. The predicted molar refractivity (Wildman–Crippen MR) is 221 cm³/mol. The van der Waals surface area contributed by atoms with Crippen molar-refractivity contribution in [1.82, 2.24) is 24.9 Å². The lowest BCUT2D eigenvalue weighted by molar-refractivity contribution is 0.669. The Morgan fingerprint density at radius 1 is 0.255 bits per heavy atom. The van der Waals surface area contributed by atoms with Crippen LogP contribution in [-0.2, 0) is 0 Å². The molecule has 0 saturated carbocycles. The van der Waals surface area contributed by atoms with Gasteiger partial charge in [-0.25, -0.2) is 24.9 Å². The number of hydrogen-bond acceptors (Lipinski definition) is 6. The molecule has 6 nitrogen and oxygen atoms in total. The van der Waals surface area contributed by atoms with Gasteiger partial charge in [0, 0.05) is 44.2 Å². The van der Waals surface area contributed by atoms with Gasteiger partial charge in [0.15, 0.2) is 23.3 Å². The maximum absolute atomic E-state index is 6.24. The summed E-state index contributed by atoms with van der Waals surface area (Å²) < 4.78 is 6.24. The molecule has 0 fully saturated rings. The molecule has 0 unspecified atom stereocenters. The number of para-hydroxylation sites is 1. The van der Waals surface area contributed by atoms with E-state index in [1.165, 1.54) is 0 Å². The predicted octanol–water partition coefficient (Wildman–Crippen LogP) is 12.2. The van der Waals surface area contributed by atoms with Crippen molar-refractivity contribution in [1.29, 1.82) is 0 Å². The molecule has 0 bridgehead atoms. The quantitative estimate of drug-likeness (QED) is 0.164. The second-order valence-corrected chi connectivity index (χ2v) is 13.3. The molecule has 10 aromatic rings. The minimum Gasteiger partial charge on any atom is -0.456 e. The SMILES string of the molecule is c1ccc(-c2cccc(-c3cc(-c4ccccc4)nc(-c4cccc(-c5nc(-c6ccccc6)nc(-c6ccc7c(c6)oc6ccccc67)n5)c4)n3)c2)cc1. The summed E-state index contributed by atoms with van der Waals surface area (Å²) in [5, 5.41) is 2.13. The normalized spacial score (nSPS) is 11.3. The van der Waals surface area contributed by atoms with E-state index < -0.39 is 0 Å². The van der Waals surface area contributed by atoms with Crippen molar-refractivity contribution in [2.75, 3.05) is 0 Å². The third kappa shape index (κ3) is 6.32. The Hall–Kier alpha value is -7.57. The first kappa shape index (κ1) is 32.1. The Bertz CT molecular complexity index is 2980. The zero-order valence-corrected chi connectivity index (χ0v) is 29.5. The van der Waals surface area contributed by atoms with Gasteiger partial charge in [0.2, 0.25) is 0 Å². The highest BCUT2D eigenvalue weighted by atomic mass is 16.3. The molecule has 6 heteroatoms. The largest absolute Gasteiger partial charge is 0.456 e. The van der Waals surface area contributed by atoms with Crippen LogP contribution in [0.1, 0.15) is 0 Å². The van der Waals surface area contributed by atoms with Crippen LogP contribution in [0.4, 0.5) is 0 Å². The van der Waals surface area contributed by atoms with Gasteiger partial charge in [-0.15, -0.1) is 0 Å². The molecule has 55 heavy (non-hydrogen) atoms. The van der Waals surface area contributed by atoms with Gasteiger partial charge in [-0.05, 0) is 47.5 Å². The number of hydrogen-bond donors (Lipinski definition) is 0. The average Bonchev–Trinajstić information content (AvgIpc) is 3.65. The minimum absolute atomic E-state index is 0.547. The lowest BCUT2D eigenvalue weighted by Crippen LogP contribution is -2.00. The van der Waals surface area contributed by atoms with Crippen LogP contribution in [0.3, 0.4) is 0 Å². The maximum atomic E-state index is 6.24. The second-order valence-electron chi connectivity index (χ2n) is 13.3. The zero-order valence-electron chi connectivity index (χ0n) is 29.5. The van der Waals surface area contributed by atoms with Crippen LogP contribution < -0.4 is 0 Å². The summed E-state index contributed by atoms with van der Waals surface area (Å²) in [4.78, 5) is 25.3. The van der Waals surface area contributed by atoms with E-state index >= 15 is 0 Å². The molecule has 0 atom stereocenters. The standard InChI is InChI=1S/C49H31N5O/c1-4-14-32(15-5-1)35-20-12-21-36(28-35)43-31-42(33-16-6-2-7-17-33)50-47(51-43)37-22-13-23-38(29-37)48-52-46(34-18-8-3-9-19-34)53-49(54-48)39-26-27-41-40-24-10-11-25-44(40)55-45(41)30-39/h1-31H. The van der Waals surface area contributed by atoms with Gasteiger partial charge < -0.3 is 4.42 Å². The first-order valence-corrected chi connectivity index (χ1v) is 18.2. The Kier molecular flexibility index (Phi) is 8.04. The fourth-order valence-electron chi connectivity index (χ4n) is 6.98. The summed E-state index contributed by atoms with van der Waals surface area (Å²) >= 11 is 0. The molecule has 0 spiro atoms. The molecule has 0 aliphatic carbocycles. The van der Waals surface area contributed by atoms with E-state index in [9.17, 15) is 0 Å². The van der Waals surface area contributed by atoms with E-state index in [1.807, 2.05) is 103 Å². The highest BCUT2D eigenvalue weighted by Crippen LogP contribution is 2.34. The van der Waals surface area contributed by atoms with E-state index in [4.69, 9.17) is 29.3 Å². The number of furan rings is 1. The average molecular weight is 706 g/mol. The molecular formula is C49H31N5O. The molecule has 7 aromatic carbocycles. The van der Waals surface area contributed by atoms with Gasteiger partial charge in [-0.1, -0.05) is 152 Å². The van der Waals surface area contributed by atoms with Crippen molar-refractivity contribution in [2.24, 2.45) is 0 Å². The summed E-state index contributed by atoms with van der Waals surface area (Å²) in [7, 11) is 0. The molecule has 258 valence electrons. The van der Waals surface area contributed by atoms with E-state index in [0.29, 0.717) is 23.3 Å². The number of nitrogens with zero attached hydrogens (tertiary/aromatic N) is 5. The molecule has 3 heterocycles. The molecule has 0 N–H and O–H groups in total. The van der Waals surface area contributed by atoms with Crippen LogP contribution in [0, 0.1) is 0 Å². The van der Waals surface area contributed by atoms with E-state index in [2.05, 4.69) is 84.9 Å². The molecular weight excluding hydrogens is 675 g/mol. The lowest BCUT2D eigenvalue weighted by atomic mass is 10.0. The Labute approximate surface area is 317 Å². The van der Waals surface area contributed by atoms with E-state index in [1.54, 1.807) is 0 Å². The number of rotatable bonds is 7. The van der Waals surface area contributed by atoms with Crippen molar-refractivity contribution >= 4 is 21.9 Å². The van der Waals surface area contributed by atoms with Gasteiger partial charge in [-0.3, -0.25) is 0 Å². The summed E-state index contributed by atoms with van der Waals surface area (Å²) in [6.07, 6.45) is 0. The van der Waals surface area contributed by atoms with Gasteiger partial charge in [0.25, 0.3) is 0 Å². The summed E-state index contributed by atoms with van der Waals surface area (Å²) in [6, 6.07) is 63.5. The molecule has 0 aliphatic heterocycles. The van der Waals surface area contributed by atoms with Crippen LogP contribution in [-0.4, -0.2) is 24.9 Å². The fraction of sp³-hybridized carbons (Fsp3) is 0. The topological polar surface area (TPSA) is 77.6 Å². The van der Waals surface area contributed by atoms with Crippen molar-refractivity contribution in [3.05, 3.63) is 188 Å². The van der Waals surface area contributed by atoms with Crippen LogP contribution >= 0.6 is 0 Å². The second kappa shape index (κ2) is 13.8. The van der Waals surface area contributed by atoms with Crippen LogP contribution in [0.25, 0.3) is 101 Å². The first-order chi connectivity index (χ1) is 27.2. The van der Waals surface area contributed by atoms with Crippen LogP contribution in [0.2, 0.25) is 0 Å². The Morgan fingerprint density at radius 3 is 1.40 bits per heavy atom. The van der Waals surface area contributed by atoms with Crippen molar-refractivity contribution in [3.63, 3.8) is 0 Å². The van der Waals surface area contributed by atoms with Gasteiger partial charge in [0.05, 0.1) is 11.4 Å². The molecule has 0 radical (unpaired) electrons. The van der Waals surface area contributed by atoms with E-state index in [0.717, 1.165) is 77.8 Å². The van der Waals surface area contributed by atoms with E-state index in [-0.39, 0.29) is 0 Å². The van der Waals surface area contributed by atoms with Crippen molar-refractivity contribution in [3.8, 4) is 79.2 Å². The molecule has 0 aliphatic rings. The molecule has 10 rings (SSSR count). The third-order valence-corrected chi connectivity index (χ3v) is 9.74. The Morgan fingerprint density at radius 2 is 0.709 bits per heavy atom. The highest BCUT2D eigenvalue weighted by Gasteiger charge is 2.17. The first-order valence-electron chi connectivity index (χ1n) is 18.2. The monoisotopic (exact) mass is 705 g/mol. The number of aromatic nitrogens is 5. The fourth-order valence-corrected chi connectivity index (χ4v) is 6.98. The van der Waals surface area contributed by atoms with Crippen LogP contribution in [0.5, 0.6) is 0 Å². The summed E-state index contributed by atoms with van der Waals surface area (Å²) in [5.74, 6) is 2.29. The minimum atomic E-state index is 0.547. The van der Waals surface area contributed by atoms with Crippen LogP contribution in [0.15, 0.2) is 192 Å². The van der Waals surface area contributed by atoms with Gasteiger partial charge >= 0.3 is 0 Å². The maximum Gasteiger partial charge on any atom is 0.164 e. The molecule has 0 saturated heterocycles. The molecule has 3 aromatic heterocycles. The summed E-state index contributed by atoms with van der Waals surface area (Å²) in [6.45, 7) is 0. The van der Waals surface area contributed by atoms with Crippen molar-refractivity contribution < 1.29 is 4.42 Å². The number of fused-ring (bicyclic) bond motifs is 3. The van der Waals surface area contributed by atoms with Crippen molar-refractivity contribution in [2.45, 2.75) is 0 Å². The third-order valence-electron chi connectivity index (χ3n) is 9.74. The Balaban J connectivity index is 1.10. The smallest absolute Gasteiger partial charge is 0.164 e. The number of benzene rings is 7. The molecule has 0 amide bonds. The van der Waals surface area contributed by atoms with Gasteiger partial charge in [-0.2, -0.15) is 0 Å². The zero-order chi connectivity index (χ0) is 36.6. The lowest BCUT2D eigenvalue weighted by Gasteiger charge is -2.12.